The molecule has 2 aliphatic heterocycles. The van der Waals surface area contributed by atoms with Gasteiger partial charge in [-0.25, -0.2) is 4.79 Å². The fourth-order valence-electron chi connectivity index (χ4n) is 4.82. The molecular weight excluding hydrogens is 372 g/mol. The van der Waals surface area contributed by atoms with Crippen molar-refractivity contribution in [2.45, 2.75) is 64.8 Å². The number of likely N-dealkylation sites (tertiary alicyclic amines) is 1. The molecule has 0 aromatic rings. The lowest BCUT2D eigenvalue weighted by molar-refractivity contribution is -0.142. The Labute approximate surface area is 172 Å². The first-order chi connectivity index (χ1) is 13.8. The minimum absolute atomic E-state index is 0.0526. The molecule has 162 valence electrons. The number of carbonyl (C=O) groups excluding carboxylic acids is 4. The van der Waals surface area contributed by atoms with Crippen molar-refractivity contribution in [3.8, 4) is 0 Å². The second-order valence-electron chi connectivity index (χ2n) is 8.75. The van der Waals surface area contributed by atoms with Crippen molar-refractivity contribution in [3.05, 3.63) is 0 Å². The van der Waals surface area contributed by atoms with E-state index in [4.69, 9.17) is 0 Å². The van der Waals surface area contributed by atoms with Crippen LogP contribution >= 0.6 is 0 Å². The van der Waals surface area contributed by atoms with Gasteiger partial charge in [0.05, 0.1) is 0 Å². The zero-order chi connectivity index (χ0) is 21.2. The minimum Gasteiger partial charge on any atom is -0.343 e. The maximum absolute atomic E-state index is 12.9. The molecule has 8 heteroatoms. The lowest BCUT2D eigenvalue weighted by atomic mass is 9.77. The Morgan fingerprint density at radius 2 is 1.66 bits per heavy atom. The van der Waals surface area contributed by atoms with E-state index >= 15 is 0 Å². The molecular formula is C21H34N4O4. The highest BCUT2D eigenvalue weighted by Crippen LogP contribution is 2.36. The molecule has 5 amide bonds. The lowest BCUT2D eigenvalue weighted by Gasteiger charge is -2.35. The molecule has 8 nitrogen and oxygen atoms in total. The zero-order valence-corrected chi connectivity index (χ0v) is 17.9. The molecule has 0 radical (unpaired) electrons. The highest BCUT2D eigenvalue weighted by Gasteiger charge is 2.52. The molecule has 2 saturated heterocycles. The molecule has 3 rings (SSSR count). The van der Waals surface area contributed by atoms with E-state index in [2.05, 4.69) is 12.2 Å². The van der Waals surface area contributed by atoms with Crippen molar-refractivity contribution in [1.29, 1.82) is 0 Å². The van der Waals surface area contributed by atoms with Gasteiger partial charge >= 0.3 is 6.03 Å². The summed E-state index contributed by atoms with van der Waals surface area (Å²) in [6.07, 6.45) is 4.35. The minimum atomic E-state index is -0.812. The number of hydrogen-bond acceptors (Lipinski definition) is 4. The van der Waals surface area contributed by atoms with Gasteiger partial charge in [0.2, 0.25) is 11.8 Å². The summed E-state index contributed by atoms with van der Waals surface area (Å²) < 4.78 is 0. The van der Waals surface area contributed by atoms with Crippen molar-refractivity contribution < 1.29 is 19.2 Å². The van der Waals surface area contributed by atoms with Crippen LogP contribution in [0, 0.1) is 11.8 Å². The van der Waals surface area contributed by atoms with Crippen LogP contribution in [0.3, 0.4) is 0 Å². The third-order valence-electron chi connectivity index (χ3n) is 6.94. The van der Waals surface area contributed by atoms with Crippen molar-refractivity contribution >= 4 is 23.8 Å². The fraction of sp³-hybridized carbons (Fsp3) is 0.810. The van der Waals surface area contributed by atoms with E-state index in [0.717, 1.165) is 17.7 Å². The highest BCUT2D eigenvalue weighted by atomic mass is 16.2. The van der Waals surface area contributed by atoms with E-state index in [1.54, 1.807) is 4.90 Å². The predicted molar refractivity (Wildman–Crippen MR) is 108 cm³/mol. The predicted octanol–water partition coefficient (Wildman–Crippen LogP) is 1.59. The Balaban J connectivity index is 1.54. The van der Waals surface area contributed by atoms with Crippen LogP contribution in [0.1, 0.15) is 59.3 Å². The van der Waals surface area contributed by atoms with E-state index in [-0.39, 0.29) is 30.2 Å². The fourth-order valence-corrected chi connectivity index (χ4v) is 4.82. The van der Waals surface area contributed by atoms with E-state index in [1.807, 2.05) is 18.7 Å². The first kappa shape index (κ1) is 21.6. The van der Waals surface area contributed by atoms with Crippen molar-refractivity contribution in [1.82, 2.24) is 20.0 Å². The van der Waals surface area contributed by atoms with Gasteiger partial charge in [-0.1, -0.05) is 6.92 Å². The summed E-state index contributed by atoms with van der Waals surface area (Å²) in [5, 5.41) is 2.86. The highest BCUT2D eigenvalue weighted by molar-refractivity contribution is 6.09. The molecule has 3 aliphatic rings. The summed E-state index contributed by atoms with van der Waals surface area (Å²) in [7, 11) is 0. The number of urea groups is 1. The first-order valence-electron chi connectivity index (χ1n) is 11.0. The summed E-state index contributed by atoms with van der Waals surface area (Å²) in [5.74, 6) is 0.187. The van der Waals surface area contributed by atoms with Gasteiger partial charge in [0.15, 0.2) is 0 Å². The Kier molecular flexibility index (Phi) is 6.49. The summed E-state index contributed by atoms with van der Waals surface area (Å²) >= 11 is 0. The third kappa shape index (κ3) is 4.26. The van der Waals surface area contributed by atoms with Crippen LogP contribution in [0.25, 0.3) is 0 Å². The van der Waals surface area contributed by atoms with Crippen LogP contribution in [0.5, 0.6) is 0 Å². The molecule has 1 spiro atoms. The summed E-state index contributed by atoms with van der Waals surface area (Å²) in [6, 6.07) is -0.454. The second-order valence-corrected chi connectivity index (χ2v) is 8.75. The molecule has 0 aromatic carbocycles. The van der Waals surface area contributed by atoms with E-state index in [0.29, 0.717) is 57.8 Å². The van der Waals surface area contributed by atoms with Crippen LogP contribution in [0.15, 0.2) is 0 Å². The summed E-state index contributed by atoms with van der Waals surface area (Å²) in [4.78, 5) is 55.2. The smallest absolute Gasteiger partial charge is 0.325 e. The zero-order valence-electron chi connectivity index (χ0n) is 17.9. The summed E-state index contributed by atoms with van der Waals surface area (Å²) in [5.41, 5.74) is -0.812. The Hall–Kier alpha value is -2.12. The quantitative estimate of drug-likeness (QED) is 0.702. The van der Waals surface area contributed by atoms with Gasteiger partial charge in [0.25, 0.3) is 5.91 Å². The number of rotatable bonds is 5. The molecule has 0 bridgehead atoms. The number of carbonyl (C=O) groups is 4. The molecule has 2 heterocycles. The Morgan fingerprint density at radius 1 is 1.07 bits per heavy atom. The van der Waals surface area contributed by atoms with Crippen LogP contribution in [-0.2, 0) is 14.4 Å². The van der Waals surface area contributed by atoms with Gasteiger partial charge in [0, 0.05) is 32.1 Å². The Bertz CT molecular complexity index is 660. The SMILES string of the molecule is CCN(CC)C(=O)C1CCN(C(=O)CN2C(=O)NC3(CCC(C)CC3)C2=O)CC1. The number of imide groups is 1. The number of piperidine rings is 1. The van der Waals surface area contributed by atoms with E-state index < -0.39 is 11.6 Å². The number of nitrogens with one attached hydrogen (secondary N) is 1. The van der Waals surface area contributed by atoms with E-state index in [1.165, 1.54) is 0 Å². The molecule has 3 fully saturated rings. The molecule has 1 N–H and O–H groups in total. The van der Waals surface area contributed by atoms with Crippen molar-refractivity contribution in [2.24, 2.45) is 11.8 Å². The standard InChI is InChI=1S/C21H34N4O4/c1-4-23(5-2)18(27)16-8-12-24(13-9-16)17(26)14-25-19(28)21(22-20(25)29)10-6-15(3)7-11-21/h15-16H,4-14H2,1-3H3,(H,22,29). The maximum atomic E-state index is 12.9. The molecule has 0 atom stereocenters. The third-order valence-corrected chi connectivity index (χ3v) is 6.94. The van der Waals surface area contributed by atoms with Crippen LogP contribution < -0.4 is 5.32 Å². The average Bonchev–Trinajstić information content (AvgIpc) is 2.95. The van der Waals surface area contributed by atoms with Crippen molar-refractivity contribution in [3.63, 3.8) is 0 Å². The van der Waals surface area contributed by atoms with Gasteiger partial charge in [-0.05, 0) is 58.3 Å². The summed E-state index contributed by atoms with van der Waals surface area (Å²) in [6.45, 7) is 8.25. The maximum Gasteiger partial charge on any atom is 0.325 e. The van der Waals surface area contributed by atoms with Gasteiger partial charge < -0.3 is 15.1 Å². The molecule has 1 saturated carbocycles. The van der Waals surface area contributed by atoms with Crippen LogP contribution in [0.2, 0.25) is 0 Å². The first-order valence-corrected chi connectivity index (χ1v) is 11.0. The largest absolute Gasteiger partial charge is 0.343 e. The van der Waals surface area contributed by atoms with Crippen LogP contribution in [-0.4, -0.2) is 76.7 Å². The Morgan fingerprint density at radius 3 is 2.21 bits per heavy atom. The molecule has 1 aliphatic carbocycles. The van der Waals surface area contributed by atoms with Gasteiger partial charge in [-0.3, -0.25) is 19.3 Å². The number of amides is 5. The van der Waals surface area contributed by atoms with Gasteiger partial charge in [-0.2, -0.15) is 0 Å². The molecule has 29 heavy (non-hydrogen) atoms. The van der Waals surface area contributed by atoms with Gasteiger partial charge in [-0.15, -0.1) is 0 Å². The van der Waals surface area contributed by atoms with Crippen molar-refractivity contribution in [2.75, 3.05) is 32.7 Å². The molecule has 0 aromatic heterocycles. The van der Waals surface area contributed by atoms with E-state index in [9.17, 15) is 19.2 Å². The van der Waals surface area contributed by atoms with Crippen LogP contribution in [0.4, 0.5) is 4.79 Å². The van der Waals surface area contributed by atoms with Gasteiger partial charge in [0.1, 0.15) is 12.1 Å². The second kappa shape index (κ2) is 8.71. The topological polar surface area (TPSA) is 90.0 Å². The number of nitrogens with zero attached hydrogens (tertiary/aromatic N) is 3. The number of hydrogen-bond donors (Lipinski definition) is 1. The normalized spacial score (nSPS) is 28.0. The molecule has 0 unspecified atom stereocenters. The lowest BCUT2D eigenvalue weighted by Crippen LogP contribution is -2.50. The monoisotopic (exact) mass is 406 g/mol. The average molecular weight is 407 g/mol.